The summed E-state index contributed by atoms with van der Waals surface area (Å²) in [6, 6.07) is 2.38. The molecule has 6 heteroatoms. The van der Waals surface area contributed by atoms with Crippen molar-refractivity contribution in [1.29, 1.82) is 5.41 Å². The Morgan fingerprint density at radius 3 is 2.82 bits per heavy atom. The first-order valence-electron chi connectivity index (χ1n) is 5.05. The molecule has 1 aromatic rings. The summed E-state index contributed by atoms with van der Waals surface area (Å²) >= 11 is 0. The lowest BCUT2D eigenvalue weighted by Gasteiger charge is -2.31. The second-order valence-corrected chi connectivity index (χ2v) is 3.87. The van der Waals surface area contributed by atoms with Crippen molar-refractivity contribution in [3.05, 3.63) is 35.4 Å². The van der Waals surface area contributed by atoms with Gasteiger partial charge in [0.25, 0.3) is 0 Å². The molecule has 17 heavy (non-hydrogen) atoms. The summed E-state index contributed by atoms with van der Waals surface area (Å²) in [6.07, 6.45) is -0.000741. The molecule has 4 nitrogen and oxygen atoms in total. The van der Waals surface area contributed by atoms with Gasteiger partial charge < -0.3 is 5.32 Å². The Morgan fingerprint density at radius 2 is 2.18 bits per heavy atom. The third-order valence-corrected chi connectivity index (χ3v) is 2.73. The van der Waals surface area contributed by atoms with Crippen molar-refractivity contribution in [1.82, 2.24) is 10.2 Å². The van der Waals surface area contributed by atoms with Gasteiger partial charge in [0.1, 0.15) is 11.6 Å². The van der Waals surface area contributed by atoms with Gasteiger partial charge in [-0.3, -0.25) is 15.1 Å². The molecule has 1 aliphatic rings. The van der Waals surface area contributed by atoms with Gasteiger partial charge in [0.2, 0.25) is 5.91 Å². The van der Waals surface area contributed by atoms with E-state index in [0.717, 1.165) is 23.1 Å². The lowest BCUT2D eigenvalue weighted by molar-refractivity contribution is -0.128. The number of amides is 1. The zero-order valence-corrected chi connectivity index (χ0v) is 9.13. The van der Waals surface area contributed by atoms with Crippen LogP contribution in [0.1, 0.15) is 18.0 Å². The molecule has 0 unspecified atom stereocenters. The van der Waals surface area contributed by atoms with E-state index in [1.54, 1.807) is 0 Å². The van der Waals surface area contributed by atoms with Crippen LogP contribution in [0.2, 0.25) is 0 Å². The van der Waals surface area contributed by atoms with E-state index in [-0.39, 0.29) is 23.9 Å². The third-order valence-electron chi connectivity index (χ3n) is 2.73. The lowest BCUT2D eigenvalue weighted by Crippen LogP contribution is -2.49. The Morgan fingerprint density at radius 1 is 1.47 bits per heavy atom. The number of hydrogen-bond donors (Lipinski definition) is 2. The highest BCUT2D eigenvalue weighted by Crippen LogP contribution is 2.24. The molecule has 0 spiro atoms. The van der Waals surface area contributed by atoms with Gasteiger partial charge >= 0.3 is 0 Å². The molecule has 1 aromatic carbocycles. The summed E-state index contributed by atoms with van der Waals surface area (Å²) < 4.78 is 26.5. The number of rotatable bonds is 1. The maximum atomic E-state index is 13.5. The smallest absolute Gasteiger partial charge is 0.231 e. The second-order valence-electron chi connectivity index (χ2n) is 3.87. The molecule has 1 fully saturated rings. The molecule has 2 rings (SSSR count). The van der Waals surface area contributed by atoms with Crippen molar-refractivity contribution in [2.24, 2.45) is 0 Å². The standard InChI is InChI=1S/C11H11F2N3O/c1-16-10(17)5-9(15-11(16)14)7-4-6(12)2-3-8(7)13/h2-4,9H,5H2,1H3,(H2,14,15)/t9-/m0/s1. The predicted octanol–water partition coefficient (Wildman–Crippen LogP) is 1.39. The Hall–Kier alpha value is -1.98. The number of halogens is 2. The van der Waals surface area contributed by atoms with Crippen molar-refractivity contribution in [2.45, 2.75) is 12.5 Å². The molecular weight excluding hydrogens is 228 g/mol. The van der Waals surface area contributed by atoms with Gasteiger partial charge in [0, 0.05) is 12.6 Å². The average Bonchev–Trinajstić information content (AvgIpc) is 2.28. The summed E-state index contributed by atoms with van der Waals surface area (Å²) in [5.41, 5.74) is 0.0659. The molecule has 0 radical (unpaired) electrons. The van der Waals surface area contributed by atoms with Crippen LogP contribution >= 0.6 is 0 Å². The maximum absolute atomic E-state index is 13.5. The van der Waals surface area contributed by atoms with Crippen LogP contribution in [0.5, 0.6) is 0 Å². The van der Waals surface area contributed by atoms with Gasteiger partial charge in [-0.15, -0.1) is 0 Å². The van der Waals surface area contributed by atoms with E-state index in [4.69, 9.17) is 5.41 Å². The summed E-state index contributed by atoms with van der Waals surface area (Å²) in [7, 11) is 1.45. The van der Waals surface area contributed by atoms with Gasteiger partial charge in [0.05, 0.1) is 12.5 Å². The molecule has 2 N–H and O–H groups in total. The quantitative estimate of drug-likeness (QED) is 0.778. The molecular formula is C11H11F2N3O. The molecule has 0 aliphatic carbocycles. The number of guanidine groups is 1. The monoisotopic (exact) mass is 239 g/mol. The Balaban J connectivity index is 2.32. The van der Waals surface area contributed by atoms with E-state index < -0.39 is 17.7 Å². The average molecular weight is 239 g/mol. The first-order valence-corrected chi connectivity index (χ1v) is 5.05. The molecule has 0 aromatic heterocycles. The van der Waals surface area contributed by atoms with E-state index in [1.165, 1.54) is 7.05 Å². The van der Waals surface area contributed by atoms with Crippen LogP contribution in [-0.2, 0) is 4.79 Å². The van der Waals surface area contributed by atoms with Crippen LogP contribution in [0, 0.1) is 17.0 Å². The van der Waals surface area contributed by atoms with E-state index in [0.29, 0.717) is 0 Å². The minimum Gasteiger partial charge on any atom is -0.349 e. The highest BCUT2D eigenvalue weighted by molar-refractivity contribution is 5.98. The first kappa shape index (κ1) is 11.5. The number of benzene rings is 1. The van der Waals surface area contributed by atoms with E-state index in [9.17, 15) is 13.6 Å². The fourth-order valence-electron chi connectivity index (χ4n) is 1.72. The van der Waals surface area contributed by atoms with Crippen LogP contribution in [0.25, 0.3) is 0 Å². The fraction of sp³-hybridized carbons (Fsp3) is 0.273. The molecule has 0 bridgehead atoms. The van der Waals surface area contributed by atoms with Gasteiger partial charge in [0.15, 0.2) is 5.96 Å². The first-order chi connectivity index (χ1) is 7.99. The minimum absolute atomic E-state index is 0.000741. The molecule has 1 saturated heterocycles. The molecule has 0 saturated carbocycles. The molecule has 90 valence electrons. The minimum atomic E-state index is -0.693. The van der Waals surface area contributed by atoms with Crippen molar-refractivity contribution >= 4 is 11.9 Å². The highest BCUT2D eigenvalue weighted by atomic mass is 19.1. The van der Waals surface area contributed by atoms with Crippen LogP contribution < -0.4 is 5.32 Å². The second kappa shape index (κ2) is 4.12. The van der Waals surface area contributed by atoms with E-state index in [1.807, 2.05) is 0 Å². The topological polar surface area (TPSA) is 56.2 Å². The van der Waals surface area contributed by atoms with Crippen molar-refractivity contribution in [3.63, 3.8) is 0 Å². The fourth-order valence-corrected chi connectivity index (χ4v) is 1.72. The summed E-state index contributed by atoms with van der Waals surface area (Å²) in [4.78, 5) is 12.6. The Kier molecular flexibility index (Phi) is 2.79. The third kappa shape index (κ3) is 2.11. The van der Waals surface area contributed by atoms with Gasteiger partial charge in [-0.1, -0.05) is 0 Å². The van der Waals surface area contributed by atoms with Crippen LogP contribution in [-0.4, -0.2) is 23.8 Å². The SMILES string of the molecule is CN1C(=N)N[C@H](c2cc(F)ccc2F)CC1=O. The number of hydrogen-bond acceptors (Lipinski definition) is 2. The zero-order chi connectivity index (χ0) is 12.6. The van der Waals surface area contributed by atoms with Gasteiger partial charge in [-0.25, -0.2) is 8.78 Å². The number of carbonyl (C=O) groups is 1. The van der Waals surface area contributed by atoms with Crippen molar-refractivity contribution in [3.8, 4) is 0 Å². The van der Waals surface area contributed by atoms with Crippen LogP contribution in [0.15, 0.2) is 18.2 Å². The molecule has 1 amide bonds. The molecule has 1 atom stereocenters. The number of nitrogens with zero attached hydrogens (tertiary/aromatic N) is 1. The molecule has 1 aliphatic heterocycles. The van der Waals surface area contributed by atoms with Gasteiger partial charge in [-0.05, 0) is 18.2 Å². The summed E-state index contributed by atoms with van der Waals surface area (Å²) in [5, 5.41) is 10.2. The van der Waals surface area contributed by atoms with Crippen LogP contribution in [0.3, 0.4) is 0 Å². The van der Waals surface area contributed by atoms with E-state index >= 15 is 0 Å². The number of carbonyl (C=O) groups excluding carboxylic acids is 1. The zero-order valence-electron chi connectivity index (χ0n) is 9.13. The number of nitrogens with one attached hydrogen (secondary N) is 2. The molecule has 1 heterocycles. The summed E-state index contributed by atoms with van der Waals surface area (Å²) in [6.45, 7) is 0. The predicted molar refractivity (Wildman–Crippen MR) is 57.3 cm³/mol. The normalized spacial score (nSPS) is 20.4. The maximum Gasteiger partial charge on any atom is 0.231 e. The van der Waals surface area contributed by atoms with Gasteiger partial charge in [-0.2, -0.15) is 0 Å². The van der Waals surface area contributed by atoms with E-state index in [2.05, 4.69) is 5.32 Å². The van der Waals surface area contributed by atoms with Crippen LogP contribution in [0.4, 0.5) is 8.78 Å². The largest absolute Gasteiger partial charge is 0.349 e. The highest BCUT2D eigenvalue weighted by Gasteiger charge is 2.29. The Bertz CT molecular complexity index is 472. The Labute approximate surface area is 96.7 Å². The lowest BCUT2D eigenvalue weighted by atomic mass is 10.0. The van der Waals surface area contributed by atoms with Crippen molar-refractivity contribution in [2.75, 3.05) is 7.05 Å². The van der Waals surface area contributed by atoms with Crippen molar-refractivity contribution < 1.29 is 13.6 Å². The summed E-state index contributed by atoms with van der Waals surface area (Å²) in [5.74, 6) is -1.58.